The molecule has 14 heavy (non-hydrogen) atoms. The van der Waals surface area contributed by atoms with Gasteiger partial charge in [-0.2, -0.15) is 0 Å². The maximum Gasteiger partial charge on any atom is 0.137 e. The van der Waals surface area contributed by atoms with Crippen LogP contribution in [0, 0.1) is 0 Å². The summed E-state index contributed by atoms with van der Waals surface area (Å²) in [6.45, 7) is 2.14. The molecule has 3 heteroatoms. The van der Waals surface area contributed by atoms with Gasteiger partial charge in [-0.05, 0) is 30.5 Å². The molecule has 0 saturated heterocycles. The van der Waals surface area contributed by atoms with Crippen molar-refractivity contribution < 1.29 is 5.11 Å². The van der Waals surface area contributed by atoms with E-state index in [1.165, 1.54) is 0 Å². The summed E-state index contributed by atoms with van der Waals surface area (Å²) in [5.41, 5.74) is 0.843. The van der Waals surface area contributed by atoms with Crippen LogP contribution in [-0.4, -0.2) is 5.11 Å². The summed E-state index contributed by atoms with van der Waals surface area (Å²) >= 11 is 11.6. The van der Waals surface area contributed by atoms with Crippen LogP contribution in [0.3, 0.4) is 0 Å². The minimum Gasteiger partial charge on any atom is -0.506 e. The zero-order valence-corrected chi connectivity index (χ0v) is 9.70. The normalized spacial score (nSPS) is 10.5. The molecule has 0 bridgehead atoms. The standard InChI is InChI=1S/C11H14Cl2O/c1-2-3-4-5-8-6-9(12)7-10(13)11(8)14/h6-7,14H,2-5H2,1H3. The van der Waals surface area contributed by atoms with Gasteiger partial charge in [-0.1, -0.05) is 43.0 Å². The van der Waals surface area contributed by atoms with E-state index in [1.54, 1.807) is 12.1 Å². The fourth-order valence-corrected chi connectivity index (χ4v) is 1.91. The summed E-state index contributed by atoms with van der Waals surface area (Å²) in [5, 5.41) is 10.6. The van der Waals surface area contributed by atoms with Crippen molar-refractivity contribution in [2.24, 2.45) is 0 Å². The van der Waals surface area contributed by atoms with Crippen LogP contribution in [0.1, 0.15) is 31.7 Å². The summed E-state index contributed by atoms with van der Waals surface area (Å²) in [7, 11) is 0. The van der Waals surface area contributed by atoms with Crippen molar-refractivity contribution in [3.63, 3.8) is 0 Å². The minimum atomic E-state index is 0.173. The molecule has 1 rings (SSSR count). The molecule has 0 saturated carbocycles. The van der Waals surface area contributed by atoms with Gasteiger partial charge in [0.15, 0.2) is 0 Å². The fourth-order valence-electron chi connectivity index (χ4n) is 1.38. The molecule has 0 unspecified atom stereocenters. The molecule has 0 aromatic heterocycles. The van der Waals surface area contributed by atoms with Gasteiger partial charge in [0.25, 0.3) is 0 Å². The first kappa shape index (κ1) is 11.7. The molecule has 0 amide bonds. The summed E-state index contributed by atoms with van der Waals surface area (Å²) in [4.78, 5) is 0. The molecule has 0 atom stereocenters. The van der Waals surface area contributed by atoms with Crippen LogP contribution in [0.25, 0.3) is 0 Å². The Kier molecular flexibility index (Phi) is 4.56. The van der Waals surface area contributed by atoms with Crippen molar-refractivity contribution in [1.82, 2.24) is 0 Å². The highest BCUT2D eigenvalue weighted by molar-refractivity contribution is 6.35. The topological polar surface area (TPSA) is 20.2 Å². The van der Waals surface area contributed by atoms with Gasteiger partial charge in [0.05, 0.1) is 5.02 Å². The van der Waals surface area contributed by atoms with Gasteiger partial charge < -0.3 is 5.11 Å². The minimum absolute atomic E-state index is 0.173. The molecule has 78 valence electrons. The summed E-state index contributed by atoms with van der Waals surface area (Å²) in [5.74, 6) is 0.173. The number of rotatable bonds is 4. The van der Waals surface area contributed by atoms with Gasteiger partial charge in [-0.3, -0.25) is 0 Å². The van der Waals surface area contributed by atoms with E-state index in [4.69, 9.17) is 23.2 Å². The smallest absolute Gasteiger partial charge is 0.137 e. The number of halogens is 2. The van der Waals surface area contributed by atoms with Gasteiger partial charge >= 0.3 is 0 Å². The maximum absolute atomic E-state index is 9.63. The first-order chi connectivity index (χ1) is 6.65. The van der Waals surface area contributed by atoms with E-state index in [9.17, 15) is 5.11 Å². The van der Waals surface area contributed by atoms with Crippen molar-refractivity contribution >= 4 is 23.2 Å². The maximum atomic E-state index is 9.63. The van der Waals surface area contributed by atoms with Gasteiger partial charge in [0.1, 0.15) is 5.75 Å². The molecule has 0 aliphatic carbocycles. The van der Waals surface area contributed by atoms with Crippen LogP contribution in [0.2, 0.25) is 10.0 Å². The molecule has 0 aliphatic heterocycles. The second-order valence-electron chi connectivity index (χ2n) is 3.35. The Morgan fingerprint density at radius 1 is 1.21 bits per heavy atom. The Labute approximate surface area is 94.7 Å². The number of hydrogen-bond acceptors (Lipinski definition) is 1. The monoisotopic (exact) mass is 232 g/mol. The fraction of sp³-hybridized carbons (Fsp3) is 0.455. The van der Waals surface area contributed by atoms with Crippen molar-refractivity contribution in [2.45, 2.75) is 32.6 Å². The quantitative estimate of drug-likeness (QED) is 0.762. The van der Waals surface area contributed by atoms with Gasteiger partial charge in [0, 0.05) is 5.02 Å². The van der Waals surface area contributed by atoms with Crippen molar-refractivity contribution in [3.8, 4) is 5.75 Å². The summed E-state index contributed by atoms with van der Waals surface area (Å²) in [6.07, 6.45) is 4.21. The predicted octanol–water partition coefficient (Wildman–Crippen LogP) is 4.43. The third-order valence-electron chi connectivity index (χ3n) is 2.16. The van der Waals surface area contributed by atoms with Crippen molar-refractivity contribution in [3.05, 3.63) is 27.7 Å². The average molecular weight is 233 g/mol. The van der Waals surface area contributed by atoms with Gasteiger partial charge in [-0.25, -0.2) is 0 Å². The highest BCUT2D eigenvalue weighted by atomic mass is 35.5. The van der Waals surface area contributed by atoms with Crippen molar-refractivity contribution in [2.75, 3.05) is 0 Å². The number of phenols is 1. The molecule has 0 radical (unpaired) electrons. The van der Waals surface area contributed by atoms with E-state index in [2.05, 4.69) is 6.92 Å². The second kappa shape index (κ2) is 5.47. The molecule has 1 nitrogen and oxygen atoms in total. The lowest BCUT2D eigenvalue weighted by atomic mass is 10.1. The van der Waals surface area contributed by atoms with Crippen LogP contribution < -0.4 is 0 Å². The Morgan fingerprint density at radius 3 is 2.57 bits per heavy atom. The van der Waals surface area contributed by atoms with Crippen LogP contribution in [0.5, 0.6) is 5.75 Å². The van der Waals surface area contributed by atoms with Gasteiger partial charge in [0.2, 0.25) is 0 Å². The van der Waals surface area contributed by atoms with Crippen LogP contribution >= 0.6 is 23.2 Å². The molecule has 0 heterocycles. The average Bonchev–Trinajstić information content (AvgIpc) is 2.13. The summed E-state index contributed by atoms with van der Waals surface area (Å²) in [6, 6.07) is 3.33. The molecular formula is C11H14Cl2O. The first-order valence-electron chi connectivity index (χ1n) is 4.82. The molecule has 1 N–H and O–H groups in total. The van der Waals surface area contributed by atoms with E-state index < -0.39 is 0 Å². The summed E-state index contributed by atoms with van der Waals surface area (Å²) < 4.78 is 0. The molecule has 1 aromatic carbocycles. The number of aryl methyl sites for hydroxylation is 1. The largest absolute Gasteiger partial charge is 0.506 e. The van der Waals surface area contributed by atoms with E-state index in [0.29, 0.717) is 10.0 Å². The Balaban J connectivity index is 2.75. The Hall–Kier alpha value is -0.400. The Morgan fingerprint density at radius 2 is 1.93 bits per heavy atom. The number of unbranched alkanes of at least 4 members (excludes halogenated alkanes) is 2. The predicted molar refractivity (Wildman–Crippen MR) is 61.4 cm³/mol. The van der Waals surface area contributed by atoms with Crippen molar-refractivity contribution in [1.29, 1.82) is 0 Å². The molecule has 0 aliphatic rings. The zero-order valence-electron chi connectivity index (χ0n) is 8.19. The molecule has 0 fully saturated rings. The molecule has 0 spiro atoms. The third-order valence-corrected chi connectivity index (χ3v) is 2.66. The third kappa shape index (κ3) is 3.07. The lowest BCUT2D eigenvalue weighted by Crippen LogP contribution is -1.87. The number of aromatic hydroxyl groups is 1. The number of benzene rings is 1. The van der Waals surface area contributed by atoms with Crippen LogP contribution in [0.4, 0.5) is 0 Å². The zero-order chi connectivity index (χ0) is 10.6. The lowest BCUT2D eigenvalue weighted by molar-refractivity contribution is 0.467. The first-order valence-corrected chi connectivity index (χ1v) is 5.57. The lowest BCUT2D eigenvalue weighted by Gasteiger charge is -2.06. The van der Waals surface area contributed by atoms with E-state index in [0.717, 1.165) is 31.2 Å². The van der Waals surface area contributed by atoms with Crippen LogP contribution in [-0.2, 0) is 6.42 Å². The highest BCUT2D eigenvalue weighted by Gasteiger charge is 2.07. The van der Waals surface area contributed by atoms with E-state index in [1.807, 2.05) is 0 Å². The highest BCUT2D eigenvalue weighted by Crippen LogP contribution is 2.32. The number of phenolic OH excluding ortho intramolecular Hbond substituents is 1. The van der Waals surface area contributed by atoms with E-state index >= 15 is 0 Å². The van der Waals surface area contributed by atoms with Gasteiger partial charge in [-0.15, -0.1) is 0 Å². The molecular weight excluding hydrogens is 219 g/mol. The second-order valence-corrected chi connectivity index (χ2v) is 4.20. The Bertz CT molecular complexity index is 310. The number of hydrogen-bond donors (Lipinski definition) is 1. The SMILES string of the molecule is CCCCCc1cc(Cl)cc(Cl)c1O. The van der Waals surface area contributed by atoms with E-state index in [-0.39, 0.29) is 5.75 Å². The molecule has 1 aromatic rings. The van der Waals surface area contributed by atoms with Crippen LogP contribution in [0.15, 0.2) is 12.1 Å².